The van der Waals surface area contributed by atoms with Gasteiger partial charge in [-0.15, -0.1) is 0 Å². The van der Waals surface area contributed by atoms with Crippen LogP contribution in [0.15, 0.2) is 18.3 Å². The number of hydrogen-bond donors (Lipinski definition) is 2. The molecule has 0 aliphatic carbocycles. The van der Waals surface area contributed by atoms with Crippen molar-refractivity contribution in [3.63, 3.8) is 0 Å². The van der Waals surface area contributed by atoms with Gasteiger partial charge in [-0.2, -0.15) is 0 Å². The Labute approximate surface area is 93.5 Å². The van der Waals surface area contributed by atoms with Crippen LogP contribution in [0.4, 0.5) is 4.79 Å². The first-order valence-electron chi connectivity index (χ1n) is 5.02. The normalized spacial score (nSPS) is 9.81. The minimum absolute atomic E-state index is 0.0142. The van der Waals surface area contributed by atoms with Crippen LogP contribution in [0.5, 0.6) is 0 Å². The molecule has 0 aliphatic rings. The number of aromatic nitrogens is 1. The molecular weight excluding hydrogens is 208 g/mol. The van der Waals surface area contributed by atoms with Crippen LogP contribution < -0.4 is 5.32 Å². The molecule has 0 saturated carbocycles. The number of amides is 1. The summed E-state index contributed by atoms with van der Waals surface area (Å²) in [5, 5.41) is 10.5. The molecule has 16 heavy (non-hydrogen) atoms. The van der Waals surface area contributed by atoms with Gasteiger partial charge in [0.15, 0.2) is 5.78 Å². The Hall–Kier alpha value is -1.91. The summed E-state index contributed by atoms with van der Waals surface area (Å²) < 4.78 is 0. The third-order valence-corrected chi connectivity index (χ3v) is 2.09. The van der Waals surface area contributed by atoms with Crippen molar-refractivity contribution in [2.45, 2.75) is 19.8 Å². The second-order valence-corrected chi connectivity index (χ2v) is 3.45. The predicted octanol–water partition coefficient (Wildman–Crippen LogP) is 1.62. The molecule has 1 amide bonds. The fraction of sp³-hybridized carbons (Fsp3) is 0.364. The van der Waals surface area contributed by atoms with Crippen LogP contribution in [0.3, 0.4) is 0 Å². The van der Waals surface area contributed by atoms with Gasteiger partial charge in [0.2, 0.25) is 0 Å². The number of carbonyl (C=O) groups excluding carboxylic acids is 1. The van der Waals surface area contributed by atoms with Gasteiger partial charge in [0.05, 0.1) is 0 Å². The van der Waals surface area contributed by atoms with Crippen LogP contribution >= 0.6 is 0 Å². The molecular formula is C11H14N2O3. The Morgan fingerprint density at radius 1 is 1.44 bits per heavy atom. The molecule has 0 aromatic carbocycles. The Morgan fingerprint density at radius 3 is 2.75 bits per heavy atom. The van der Waals surface area contributed by atoms with Gasteiger partial charge in [-0.1, -0.05) is 0 Å². The summed E-state index contributed by atoms with van der Waals surface area (Å²) in [6, 6.07) is 3.51. The number of Topliss-reactive ketones (excluding diaryl/α,β-unsaturated/α-hetero) is 1. The average Bonchev–Trinajstić information content (AvgIpc) is 2.25. The van der Waals surface area contributed by atoms with E-state index in [2.05, 4.69) is 10.3 Å². The van der Waals surface area contributed by atoms with E-state index in [0.29, 0.717) is 24.9 Å². The number of nitrogens with zero attached hydrogens (tertiary/aromatic N) is 1. The molecule has 5 heteroatoms. The molecule has 0 fully saturated rings. The van der Waals surface area contributed by atoms with Gasteiger partial charge in [-0.3, -0.25) is 9.78 Å². The largest absolute Gasteiger partial charge is 0.465 e. The highest BCUT2D eigenvalue weighted by atomic mass is 16.4. The molecule has 1 heterocycles. The molecule has 1 aromatic heterocycles. The van der Waals surface area contributed by atoms with E-state index in [4.69, 9.17) is 5.11 Å². The number of rotatable bonds is 5. The van der Waals surface area contributed by atoms with Crippen molar-refractivity contribution < 1.29 is 14.7 Å². The number of aryl methyl sites for hydroxylation is 1. The van der Waals surface area contributed by atoms with E-state index in [1.165, 1.54) is 0 Å². The Balaban J connectivity index is 2.35. The van der Waals surface area contributed by atoms with Gasteiger partial charge < -0.3 is 10.4 Å². The lowest BCUT2D eigenvalue weighted by molar-refractivity contribution is 0.0979. The number of carbonyl (C=O) groups is 2. The third-order valence-electron chi connectivity index (χ3n) is 2.09. The molecule has 1 aromatic rings. The van der Waals surface area contributed by atoms with Gasteiger partial charge in [-0.05, 0) is 25.5 Å². The zero-order chi connectivity index (χ0) is 12.0. The molecule has 0 unspecified atom stereocenters. The van der Waals surface area contributed by atoms with Gasteiger partial charge in [-0.25, -0.2) is 4.79 Å². The van der Waals surface area contributed by atoms with Crippen LogP contribution in [0.2, 0.25) is 0 Å². The number of carboxylic acid groups (broad SMARTS) is 1. The van der Waals surface area contributed by atoms with E-state index in [9.17, 15) is 9.59 Å². The maximum Gasteiger partial charge on any atom is 0.404 e. The molecule has 1 rings (SSSR count). The fourth-order valence-electron chi connectivity index (χ4n) is 1.22. The summed E-state index contributed by atoms with van der Waals surface area (Å²) >= 11 is 0. The monoisotopic (exact) mass is 222 g/mol. The topological polar surface area (TPSA) is 79.3 Å². The van der Waals surface area contributed by atoms with Crippen molar-refractivity contribution in [2.24, 2.45) is 0 Å². The molecule has 86 valence electrons. The van der Waals surface area contributed by atoms with Crippen molar-refractivity contribution in [1.29, 1.82) is 0 Å². The Morgan fingerprint density at radius 2 is 2.19 bits per heavy atom. The van der Waals surface area contributed by atoms with Crippen molar-refractivity contribution in [1.82, 2.24) is 10.3 Å². The SMILES string of the molecule is Cc1ccc(C(=O)CCCNC(=O)O)cn1. The number of hydrogen-bond acceptors (Lipinski definition) is 3. The zero-order valence-corrected chi connectivity index (χ0v) is 9.06. The summed E-state index contributed by atoms with van der Waals surface area (Å²) in [7, 11) is 0. The first kappa shape index (κ1) is 12.2. The lowest BCUT2D eigenvalue weighted by Crippen LogP contribution is -2.22. The summed E-state index contributed by atoms with van der Waals surface area (Å²) in [5.41, 5.74) is 1.44. The van der Waals surface area contributed by atoms with E-state index < -0.39 is 6.09 Å². The van der Waals surface area contributed by atoms with Gasteiger partial charge in [0, 0.05) is 30.4 Å². The van der Waals surface area contributed by atoms with E-state index in [1.54, 1.807) is 18.3 Å². The van der Waals surface area contributed by atoms with Crippen molar-refractivity contribution in [3.8, 4) is 0 Å². The summed E-state index contributed by atoms with van der Waals surface area (Å²) in [4.78, 5) is 25.8. The van der Waals surface area contributed by atoms with Crippen LogP contribution in [0.1, 0.15) is 28.9 Å². The van der Waals surface area contributed by atoms with Crippen LogP contribution in [-0.4, -0.2) is 28.5 Å². The van der Waals surface area contributed by atoms with Crippen LogP contribution in [0, 0.1) is 6.92 Å². The van der Waals surface area contributed by atoms with Crippen molar-refractivity contribution in [3.05, 3.63) is 29.6 Å². The summed E-state index contributed by atoms with van der Waals surface area (Å²) in [6.45, 7) is 2.14. The lowest BCUT2D eigenvalue weighted by Gasteiger charge is -2.01. The Kier molecular flexibility index (Phi) is 4.44. The highest BCUT2D eigenvalue weighted by Gasteiger charge is 2.05. The van der Waals surface area contributed by atoms with Gasteiger partial charge in [0.1, 0.15) is 0 Å². The van der Waals surface area contributed by atoms with Crippen LogP contribution in [0.25, 0.3) is 0 Å². The van der Waals surface area contributed by atoms with Gasteiger partial charge >= 0.3 is 6.09 Å². The van der Waals surface area contributed by atoms with Crippen LogP contribution in [-0.2, 0) is 0 Å². The van der Waals surface area contributed by atoms with Crippen molar-refractivity contribution in [2.75, 3.05) is 6.54 Å². The number of ketones is 1. The molecule has 2 N–H and O–H groups in total. The van der Waals surface area contributed by atoms with E-state index >= 15 is 0 Å². The molecule has 0 saturated heterocycles. The first-order valence-corrected chi connectivity index (χ1v) is 5.02. The molecule has 0 atom stereocenters. The second-order valence-electron chi connectivity index (χ2n) is 3.45. The first-order chi connectivity index (χ1) is 7.59. The second kappa shape index (κ2) is 5.85. The quantitative estimate of drug-likeness (QED) is 0.586. The van der Waals surface area contributed by atoms with E-state index in [-0.39, 0.29) is 5.78 Å². The smallest absolute Gasteiger partial charge is 0.404 e. The zero-order valence-electron chi connectivity index (χ0n) is 9.06. The van der Waals surface area contributed by atoms with E-state index in [0.717, 1.165) is 5.69 Å². The average molecular weight is 222 g/mol. The molecule has 0 aliphatic heterocycles. The third kappa shape index (κ3) is 4.08. The maximum atomic E-state index is 11.6. The lowest BCUT2D eigenvalue weighted by atomic mass is 10.1. The Bertz CT molecular complexity index is 373. The molecule has 0 radical (unpaired) electrons. The minimum Gasteiger partial charge on any atom is -0.465 e. The van der Waals surface area contributed by atoms with Gasteiger partial charge in [0.25, 0.3) is 0 Å². The maximum absolute atomic E-state index is 11.6. The molecule has 0 bridgehead atoms. The van der Waals surface area contributed by atoms with E-state index in [1.807, 2.05) is 6.92 Å². The highest BCUT2D eigenvalue weighted by molar-refractivity contribution is 5.95. The standard InChI is InChI=1S/C11H14N2O3/c1-8-4-5-9(7-13-8)10(14)3-2-6-12-11(15)16/h4-5,7,12H,2-3,6H2,1H3,(H,15,16). The predicted molar refractivity (Wildman–Crippen MR) is 58.6 cm³/mol. The molecule has 0 spiro atoms. The number of pyridine rings is 1. The van der Waals surface area contributed by atoms with Crippen molar-refractivity contribution >= 4 is 11.9 Å². The summed E-state index contributed by atoms with van der Waals surface area (Å²) in [5.74, 6) is -0.0142. The molecule has 5 nitrogen and oxygen atoms in total. The fourth-order valence-corrected chi connectivity index (χ4v) is 1.22. The minimum atomic E-state index is -1.07. The number of nitrogens with one attached hydrogen (secondary N) is 1. The summed E-state index contributed by atoms with van der Waals surface area (Å²) in [6.07, 6.45) is 1.30. The highest BCUT2D eigenvalue weighted by Crippen LogP contribution is 2.04.